The maximum Gasteiger partial charge on any atom is 0.264 e. The van der Waals surface area contributed by atoms with Gasteiger partial charge in [-0.2, -0.15) is 0 Å². The van der Waals surface area contributed by atoms with Crippen molar-refractivity contribution >= 4 is 31.6 Å². The Kier molecular flexibility index (Phi) is 9.03. The quantitative estimate of drug-likeness (QED) is 0.210. The summed E-state index contributed by atoms with van der Waals surface area (Å²) in [6, 6.07) is 12.9. The lowest BCUT2D eigenvalue weighted by Crippen LogP contribution is -2.45. The van der Waals surface area contributed by atoms with Crippen LogP contribution in [0.2, 0.25) is 18.6 Å². The highest BCUT2D eigenvalue weighted by molar-refractivity contribution is 6.72. The van der Waals surface area contributed by atoms with Crippen molar-refractivity contribution in [1.29, 1.82) is 0 Å². The van der Waals surface area contributed by atoms with E-state index in [-0.39, 0.29) is 31.0 Å². The van der Waals surface area contributed by atoms with Crippen LogP contribution < -0.4 is 20.3 Å². The number of hydrogen-bond acceptors (Lipinski definition) is 8. The number of fused-ring (bicyclic) bond motifs is 2. The molecular weight excluding hydrogens is 607 g/mol. The number of halogens is 1. The number of nitrogens with one attached hydrogen (secondary N) is 2. The Hall–Kier alpha value is -3.65. The molecular formula is C33H43FN6O5Si. The highest BCUT2D eigenvalue weighted by atomic mass is 28.4. The lowest BCUT2D eigenvalue weighted by atomic mass is 9.82. The number of aryl methyl sites for hydroxylation is 1. The second-order valence-electron chi connectivity index (χ2n) is 13.1. The third kappa shape index (κ3) is 5.96. The Balaban J connectivity index is 1.27. The van der Waals surface area contributed by atoms with Crippen molar-refractivity contribution in [3.8, 4) is 5.75 Å². The van der Waals surface area contributed by atoms with E-state index < -0.39 is 31.6 Å². The molecule has 0 aliphatic carbocycles. The van der Waals surface area contributed by atoms with Gasteiger partial charge in [0.25, 0.3) is 5.91 Å². The predicted octanol–water partition coefficient (Wildman–Crippen LogP) is 3.92. The molecule has 3 N–H and O–H groups in total. The molecule has 2 fully saturated rings. The zero-order chi connectivity index (χ0) is 32.6. The van der Waals surface area contributed by atoms with E-state index in [0.29, 0.717) is 47.8 Å². The molecule has 0 unspecified atom stereocenters. The smallest absolute Gasteiger partial charge is 0.264 e. The molecule has 246 valence electrons. The highest BCUT2D eigenvalue weighted by Gasteiger charge is 2.66. The molecule has 0 radical (unpaired) electrons. The van der Waals surface area contributed by atoms with E-state index >= 15 is 4.11 Å². The van der Waals surface area contributed by atoms with Crippen molar-refractivity contribution in [3.05, 3.63) is 65.5 Å². The second-order valence-corrected chi connectivity index (χ2v) is 16.9. The van der Waals surface area contributed by atoms with E-state index in [0.717, 1.165) is 24.9 Å². The molecule has 13 heteroatoms. The first kappa shape index (κ1) is 32.3. The fourth-order valence-corrected chi connectivity index (χ4v) is 10.1. The second kappa shape index (κ2) is 12.9. The normalized spacial score (nSPS) is 25.8. The van der Waals surface area contributed by atoms with Gasteiger partial charge in [0.05, 0.1) is 37.2 Å². The van der Waals surface area contributed by atoms with Gasteiger partial charge in [0.15, 0.2) is 5.60 Å². The first-order valence-corrected chi connectivity index (χ1v) is 19.0. The van der Waals surface area contributed by atoms with Gasteiger partial charge >= 0.3 is 0 Å². The van der Waals surface area contributed by atoms with Crippen LogP contribution in [0.1, 0.15) is 43.0 Å². The maximum absolute atomic E-state index is 16.2. The van der Waals surface area contributed by atoms with Gasteiger partial charge in [-0.1, -0.05) is 24.3 Å². The number of hydrogen-bond donors (Lipinski definition) is 3. The summed E-state index contributed by atoms with van der Waals surface area (Å²) in [5.41, 5.74) is 1.84. The third-order valence-electron chi connectivity index (χ3n) is 9.70. The summed E-state index contributed by atoms with van der Waals surface area (Å²) in [4.78, 5) is 29.0. The summed E-state index contributed by atoms with van der Waals surface area (Å²) in [6.45, 7) is 6.86. The van der Waals surface area contributed by atoms with E-state index in [1.807, 2.05) is 49.4 Å². The summed E-state index contributed by atoms with van der Waals surface area (Å²) in [6.07, 6.45) is 3.93. The standard InChI is InChI=1S/C33H43FN6O5Si/c1-21-30(46(3,4)34)29(13-16-39-20-24(14-17-41)37-38-39)45-33(21)26-18-25(44-2)11-12-28(26)40(32(33)43)19-22-7-9-23(10-8-22)36-31(42)27-6-5-15-35-27/h7-12,18,20-21,27,29-30,35,41H,5-6,13-17,19H2,1-4H3,(H,36,42)/t21-,27+,29+,30-,33+/m0/s1. The molecule has 1 aromatic heterocycles. The molecule has 46 heavy (non-hydrogen) atoms. The van der Waals surface area contributed by atoms with E-state index in [2.05, 4.69) is 20.9 Å². The molecule has 3 aromatic rings. The van der Waals surface area contributed by atoms with E-state index in [4.69, 9.17) is 9.47 Å². The number of carbonyl (C=O) groups excluding carboxylic acids is 2. The van der Waals surface area contributed by atoms with Crippen LogP contribution in [0.4, 0.5) is 15.5 Å². The summed E-state index contributed by atoms with van der Waals surface area (Å²) in [7, 11) is -1.75. The highest BCUT2D eigenvalue weighted by Crippen LogP contribution is 2.60. The molecule has 11 nitrogen and oxygen atoms in total. The van der Waals surface area contributed by atoms with Crippen molar-refractivity contribution in [1.82, 2.24) is 20.3 Å². The molecule has 4 heterocycles. The molecule has 6 rings (SSSR count). The predicted molar refractivity (Wildman–Crippen MR) is 174 cm³/mol. The van der Waals surface area contributed by atoms with Gasteiger partial charge in [0, 0.05) is 48.5 Å². The van der Waals surface area contributed by atoms with Crippen LogP contribution >= 0.6 is 0 Å². The topological polar surface area (TPSA) is 131 Å². The monoisotopic (exact) mass is 650 g/mol. The molecule has 3 aliphatic heterocycles. The molecule has 2 amide bonds. The molecule has 0 bridgehead atoms. The van der Waals surface area contributed by atoms with Crippen molar-refractivity contribution in [3.63, 3.8) is 0 Å². The largest absolute Gasteiger partial charge is 0.497 e. The Morgan fingerprint density at radius 1 is 1.26 bits per heavy atom. The van der Waals surface area contributed by atoms with E-state index in [1.54, 1.807) is 36.0 Å². The van der Waals surface area contributed by atoms with Crippen LogP contribution in [0.5, 0.6) is 5.75 Å². The Bertz CT molecular complexity index is 1570. The molecule has 1 spiro atoms. The minimum Gasteiger partial charge on any atom is -0.497 e. The number of amides is 2. The number of anilines is 2. The van der Waals surface area contributed by atoms with Crippen LogP contribution in [0.15, 0.2) is 48.7 Å². The van der Waals surface area contributed by atoms with Gasteiger partial charge in [-0.05, 0) is 74.8 Å². The van der Waals surface area contributed by atoms with Crippen LogP contribution in [-0.2, 0) is 39.4 Å². The van der Waals surface area contributed by atoms with Gasteiger partial charge in [0.1, 0.15) is 5.75 Å². The summed E-state index contributed by atoms with van der Waals surface area (Å²) in [5, 5.41) is 23.7. The number of methoxy groups -OCH3 is 1. The SMILES string of the molecule is COc1ccc2c(c1)[C@@]1(O[C@H](CCn3cc(CCO)nn3)[C@@H]([Si](C)(C)F)[C@@H]1C)C(=O)N2Cc1ccc(NC(=O)[C@H]2CCCN2)cc1. The van der Waals surface area contributed by atoms with Crippen molar-refractivity contribution in [2.24, 2.45) is 5.92 Å². The average Bonchev–Trinajstić information content (AvgIpc) is 3.82. The molecule has 2 aromatic carbocycles. The fraction of sp³-hybridized carbons (Fsp3) is 0.515. The zero-order valence-corrected chi connectivity index (χ0v) is 27.8. The van der Waals surface area contributed by atoms with Gasteiger partial charge in [-0.3, -0.25) is 14.3 Å². The van der Waals surface area contributed by atoms with Crippen LogP contribution in [-0.4, -0.2) is 72.7 Å². The number of benzene rings is 2. The average molecular weight is 651 g/mol. The van der Waals surface area contributed by atoms with Crippen molar-refractivity contribution < 1.29 is 28.3 Å². The number of aliphatic hydroxyl groups is 1. The van der Waals surface area contributed by atoms with Gasteiger partial charge in [0.2, 0.25) is 14.3 Å². The number of nitrogens with zero attached hydrogens (tertiary/aromatic N) is 4. The van der Waals surface area contributed by atoms with Crippen LogP contribution in [0.25, 0.3) is 0 Å². The number of aliphatic hydroxyl groups excluding tert-OH is 1. The van der Waals surface area contributed by atoms with E-state index in [1.165, 1.54) is 0 Å². The number of carbonyl (C=O) groups is 2. The minimum absolute atomic E-state index is 0.0193. The maximum atomic E-state index is 16.2. The molecule has 0 saturated carbocycles. The fourth-order valence-electron chi connectivity index (χ4n) is 7.53. The van der Waals surface area contributed by atoms with Gasteiger partial charge in [-0.15, -0.1) is 5.10 Å². The third-order valence-corrected chi connectivity index (χ3v) is 12.2. The molecule has 5 atom stereocenters. The Morgan fingerprint density at radius 3 is 2.72 bits per heavy atom. The first-order chi connectivity index (χ1) is 22.0. The zero-order valence-electron chi connectivity index (χ0n) is 26.8. The number of rotatable bonds is 11. The lowest BCUT2D eigenvalue weighted by Gasteiger charge is -2.31. The summed E-state index contributed by atoms with van der Waals surface area (Å²) >= 11 is 0. The number of ether oxygens (including phenoxy) is 2. The van der Waals surface area contributed by atoms with Crippen molar-refractivity contribution in [2.45, 2.75) is 82.1 Å². The first-order valence-electron chi connectivity index (χ1n) is 16.1. The van der Waals surface area contributed by atoms with Gasteiger partial charge < -0.3 is 34.2 Å². The van der Waals surface area contributed by atoms with E-state index in [9.17, 15) is 14.7 Å². The minimum atomic E-state index is -3.33. The van der Waals surface area contributed by atoms with Crippen molar-refractivity contribution in [2.75, 3.05) is 30.5 Å². The summed E-state index contributed by atoms with van der Waals surface area (Å²) < 4.78 is 30.3. The molecule has 2 saturated heterocycles. The van der Waals surface area contributed by atoms with Crippen LogP contribution in [0.3, 0.4) is 0 Å². The Labute approximate surface area is 269 Å². The van der Waals surface area contributed by atoms with Gasteiger partial charge in [-0.25, -0.2) is 0 Å². The summed E-state index contributed by atoms with van der Waals surface area (Å²) in [5.74, 6) is -0.106. The van der Waals surface area contributed by atoms with Crippen LogP contribution in [0, 0.1) is 5.92 Å². The Morgan fingerprint density at radius 2 is 2.04 bits per heavy atom. The number of aromatic nitrogens is 3. The lowest BCUT2D eigenvalue weighted by molar-refractivity contribution is -0.146. The molecule has 3 aliphatic rings.